The second kappa shape index (κ2) is 6.18. The molecule has 78 valence electrons. The van der Waals surface area contributed by atoms with Crippen molar-refractivity contribution >= 4 is 18.3 Å². The van der Waals surface area contributed by atoms with Crippen LogP contribution in [0.4, 0.5) is 0 Å². The van der Waals surface area contributed by atoms with Gasteiger partial charge >= 0.3 is 0 Å². The van der Waals surface area contributed by atoms with E-state index in [0.717, 1.165) is 19.5 Å². The fourth-order valence-corrected chi connectivity index (χ4v) is 1.23. The van der Waals surface area contributed by atoms with Gasteiger partial charge in [0.15, 0.2) is 0 Å². The van der Waals surface area contributed by atoms with Crippen molar-refractivity contribution in [1.29, 1.82) is 0 Å². The molecular weight excluding hydrogens is 190 g/mol. The topological polar surface area (TPSA) is 67.2 Å². The molecule has 0 aromatic heterocycles. The van der Waals surface area contributed by atoms with Crippen LogP contribution in [0.2, 0.25) is 0 Å². The van der Waals surface area contributed by atoms with Crippen LogP contribution in [0.25, 0.3) is 0 Å². The third-order valence-corrected chi connectivity index (χ3v) is 2.21. The molecule has 1 heterocycles. The van der Waals surface area contributed by atoms with Crippen LogP contribution in [-0.2, 0) is 4.79 Å². The standard InChI is InChI=1S/C8H17N3O.ClH/c1-6(4-9)8(12)11-7-2-3-10-5-7;/h6-7,10H,2-5,9H2,1H3,(H,11,12);1H. The van der Waals surface area contributed by atoms with Crippen molar-refractivity contribution in [2.24, 2.45) is 11.7 Å². The van der Waals surface area contributed by atoms with E-state index in [-0.39, 0.29) is 24.2 Å². The van der Waals surface area contributed by atoms with E-state index in [9.17, 15) is 4.79 Å². The molecular formula is C8H18ClN3O. The Hall–Kier alpha value is -0.320. The summed E-state index contributed by atoms with van der Waals surface area (Å²) >= 11 is 0. The number of carbonyl (C=O) groups is 1. The van der Waals surface area contributed by atoms with Gasteiger partial charge in [-0.2, -0.15) is 0 Å². The number of nitrogens with two attached hydrogens (primary N) is 1. The minimum atomic E-state index is -0.0643. The first-order valence-corrected chi connectivity index (χ1v) is 4.45. The van der Waals surface area contributed by atoms with Gasteiger partial charge in [0.2, 0.25) is 5.91 Å². The summed E-state index contributed by atoms with van der Waals surface area (Å²) in [5, 5.41) is 6.14. The predicted molar refractivity (Wildman–Crippen MR) is 54.9 cm³/mol. The van der Waals surface area contributed by atoms with Crippen molar-refractivity contribution in [3.63, 3.8) is 0 Å². The highest BCUT2D eigenvalue weighted by Gasteiger charge is 2.18. The molecule has 1 amide bonds. The minimum Gasteiger partial charge on any atom is -0.352 e. The first-order chi connectivity index (χ1) is 5.74. The smallest absolute Gasteiger partial charge is 0.224 e. The molecule has 5 heteroatoms. The van der Waals surface area contributed by atoms with Gasteiger partial charge in [0.25, 0.3) is 0 Å². The number of amides is 1. The summed E-state index contributed by atoms with van der Waals surface area (Å²) in [4.78, 5) is 11.3. The number of hydrogen-bond acceptors (Lipinski definition) is 3. The van der Waals surface area contributed by atoms with Gasteiger partial charge in [-0.25, -0.2) is 0 Å². The second-order valence-corrected chi connectivity index (χ2v) is 3.34. The highest BCUT2D eigenvalue weighted by Crippen LogP contribution is 1.99. The molecule has 0 radical (unpaired) electrons. The molecule has 4 N–H and O–H groups in total. The van der Waals surface area contributed by atoms with E-state index in [1.165, 1.54) is 0 Å². The van der Waals surface area contributed by atoms with E-state index in [1.54, 1.807) is 0 Å². The van der Waals surface area contributed by atoms with E-state index >= 15 is 0 Å². The average molecular weight is 208 g/mol. The van der Waals surface area contributed by atoms with Crippen LogP contribution in [0.1, 0.15) is 13.3 Å². The van der Waals surface area contributed by atoms with Crippen molar-refractivity contribution in [2.75, 3.05) is 19.6 Å². The first-order valence-electron chi connectivity index (χ1n) is 4.45. The highest BCUT2D eigenvalue weighted by atomic mass is 35.5. The van der Waals surface area contributed by atoms with E-state index in [4.69, 9.17) is 5.73 Å². The van der Waals surface area contributed by atoms with Crippen LogP contribution in [0.3, 0.4) is 0 Å². The van der Waals surface area contributed by atoms with Gasteiger partial charge < -0.3 is 16.4 Å². The van der Waals surface area contributed by atoms with Crippen molar-refractivity contribution in [3.8, 4) is 0 Å². The molecule has 0 aromatic rings. The summed E-state index contributed by atoms with van der Waals surface area (Å²) in [6.07, 6.45) is 1.03. The predicted octanol–water partition coefficient (Wildman–Crippen LogP) is -0.519. The summed E-state index contributed by atoms with van der Waals surface area (Å²) in [6.45, 7) is 4.16. The van der Waals surface area contributed by atoms with E-state index < -0.39 is 0 Å². The van der Waals surface area contributed by atoms with Gasteiger partial charge in [-0.3, -0.25) is 4.79 Å². The van der Waals surface area contributed by atoms with E-state index in [2.05, 4.69) is 10.6 Å². The molecule has 1 aliphatic heterocycles. The lowest BCUT2D eigenvalue weighted by Crippen LogP contribution is -2.41. The van der Waals surface area contributed by atoms with Crippen LogP contribution in [0.15, 0.2) is 0 Å². The highest BCUT2D eigenvalue weighted by molar-refractivity contribution is 5.85. The fourth-order valence-electron chi connectivity index (χ4n) is 1.23. The zero-order valence-corrected chi connectivity index (χ0v) is 8.69. The average Bonchev–Trinajstić information content (AvgIpc) is 2.55. The van der Waals surface area contributed by atoms with Gasteiger partial charge in [0.1, 0.15) is 0 Å². The van der Waals surface area contributed by atoms with E-state index in [0.29, 0.717) is 12.6 Å². The lowest BCUT2D eigenvalue weighted by Gasteiger charge is -2.14. The Labute approximate surface area is 85.0 Å². The zero-order chi connectivity index (χ0) is 8.97. The molecule has 0 spiro atoms. The quantitative estimate of drug-likeness (QED) is 0.584. The molecule has 13 heavy (non-hydrogen) atoms. The molecule has 2 atom stereocenters. The molecule has 4 nitrogen and oxygen atoms in total. The SMILES string of the molecule is CC(CN)C(=O)NC1CCNC1.Cl. The maximum absolute atomic E-state index is 11.3. The third-order valence-electron chi connectivity index (χ3n) is 2.21. The number of halogens is 1. The monoisotopic (exact) mass is 207 g/mol. The summed E-state index contributed by atoms with van der Waals surface area (Å²) in [5.41, 5.74) is 5.37. The van der Waals surface area contributed by atoms with Crippen molar-refractivity contribution < 1.29 is 4.79 Å². The van der Waals surface area contributed by atoms with Gasteiger partial charge in [-0.1, -0.05) is 6.92 Å². The molecule has 1 aliphatic rings. The summed E-state index contributed by atoms with van der Waals surface area (Å²) < 4.78 is 0. The van der Waals surface area contributed by atoms with Gasteiger partial charge in [0.05, 0.1) is 0 Å². The molecule has 0 bridgehead atoms. The Morgan fingerprint density at radius 1 is 1.77 bits per heavy atom. The van der Waals surface area contributed by atoms with Crippen molar-refractivity contribution in [2.45, 2.75) is 19.4 Å². The fraction of sp³-hybridized carbons (Fsp3) is 0.875. The number of rotatable bonds is 3. The summed E-state index contributed by atoms with van der Waals surface area (Å²) in [6, 6.07) is 0.312. The number of hydrogen-bond donors (Lipinski definition) is 3. The normalized spacial score (nSPS) is 23.4. The molecule has 1 fully saturated rings. The van der Waals surface area contributed by atoms with Crippen LogP contribution >= 0.6 is 12.4 Å². The lowest BCUT2D eigenvalue weighted by molar-refractivity contribution is -0.124. The Morgan fingerprint density at radius 2 is 2.46 bits per heavy atom. The molecule has 0 saturated carbocycles. The Morgan fingerprint density at radius 3 is 2.92 bits per heavy atom. The van der Waals surface area contributed by atoms with E-state index in [1.807, 2.05) is 6.92 Å². The maximum atomic E-state index is 11.3. The van der Waals surface area contributed by atoms with Gasteiger partial charge in [-0.15, -0.1) is 12.4 Å². The van der Waals surface area contributed by atoms with Crippen LogP contribution in [-0.4, -0.2) is 31.6 Å². The molecule has 0 aromatic carbocycles. The van der Waals surface area contributed by atoms with Crippen LogP contribution in [0, 0.1) is 5.92 Å². The number of nitrogens with one attached hydrogen (secondary N) is 2. The van der Waals surface area contributed by atoms with Crippen LogP contribution < -0.4 is 16.4 Å². The first kappa shape index (κ1) is 12.7. The Bertz CT molecular complexity index is 159. The Balaban J connectivity index is 0.00000144. The summed E-state index contributed by atoms with van der Waals surface area (Å²) in [5.74, 6) is 0.0109. The molecule has 1 saturated heterocycles. The summed E-state index contributed by atoms with van der Waals surface area (Å²) in [7, 11) is 0. The Kier molecular flexibility index (Phi) is 6.03. The molecule has 0 aliphatic carbocycles. The van der Waals surface area contributed by atoms with Gasteiger partial charge in [0, 0.05) is 25.0 Å². The number of carbonyl (C=O) groups excluding carboxylic acids is 1. The maximum Gasteiger partial charge on any atom is 0.224 e. The third kappa shape index (κ3) is 3.93. The largest absolute Gasteiger partial charge is 0.352 e. The zero-order valence-electron chi connectivity index (χ0n) is 7.88. The van der Waals surface area contributed by atoms with Crippen molar-refractivity contribution in [1.82, 2.24) is 10.6 Å². The molecule has 1 rings (SSSR count). The van der Waals surface area contributed by atoms with Crippen molar-refractivity contribution in [3.05, 3.63) is 0 Å². The van der Waals surface area contributed by atoms with Crippen LogP contribution in [0.5, 0.6) is 0 Å². The van der Waals surface area contributed by atoms with Gasteiger partial charge in [-0.05, 0) is 13.0 Å². The second-order valence-electron chi connectivity index (χ2n) is 3.34. The minimum absolute atomic E-state index is 0. The lowest BCUT2D eigenvalue weighted by atomic mass is 10.1. The molecule has 2 unspecified atom stereocenters.